The predicted octanol–water partition coefficient (Wildman–Crippen LogP) is 4.18. The van der Waals surface area contributed by atoms with E-state index in [-0.39, 0.29) is 11.9 Å². The van der Waals surface area contributed by atoms with Crippen molar-refractivity contribution < 1.29 is 14.3 Å². The Kier molecular flexibility index (Phi) is 6.63. The zero-order chi connectivity index (χ0) is 17.9. The summed E-state index contributed by atoms with van der Waals surface area (Å²) in [7, 11) is -1.14. The van der Waals surface area contributed by atoms with Crippen molar-refractivity contribution in [2.45, 2.75) is 39.3 Å². The Morgan fingerprint density at radius 2 is 2.12 bits per heavy atom. The van der Waals surface area contributed by atoms with Crippen molar-refractivity contribution in [2.75, 3.05) is 13.2 Å². The van der Waals surface area contributed by atoms with E-state index in [2.05, 4.69) is 52.3 Å². The van der Waals surface area contributed by atoms with Gasteiger partial charge in [0.15, 0.2) is 5.65 Å². The zero-order valence-corrected chi connectivity index (χ0v) is 18.1. The van der Waals surface area contributed by atoms with E-state index in [0.717, 1.165) is 6.04 Å². The lowest BCUT2D eigenvalue weighted by molar-refractivity contribution is 0.0528. The average Bonchev–Trinajstić information content (AvgIpc) is 2.78. The summed E-state index contributed by atoms with van der Waals surface area (Å²) in [6.07, 6.45) is 0. The first-order valence-electron chi connectivity index (χ1n) is 7.70. The van der Waals surface area contributed by atoms with Crippen LogP contribution in [0.15, 0.2) is 6.07 Å². The smallest absolute Gasteiger partial charge is 0.339 e. The van der Waals surface area contributed by atoms with Crippen LogP contribution in [0.5, 0.6) is 0 Å². The molecule has 24 heavy (non-hydrogen) atoms. The summed E-state index contributed by atoms with van der Waals surface area (Å²) in [5.41, 5.74) is 0.910. The van der Waals surface area contributed by atoms with Crippen LogP contribution in [0.25, 0.3) is 11.0 Å². The second kappa shape index (κ2) is 8.11. The number of carbonyl (C=O) groups is 1. The lowest BCUT2D eigenvalue weighted by atomic mass is 10.2. The Hall–Kier alpha value is -0.713. The number of esters is 1. The maximum absolute atomic E-state index is 12.2. The molecular weight excluding hydrogens is 461 g/mol. The molecule has 0 aliphatic rings. The number of hydrogen-bond acceptors (Lipinski definition) is 5. The van der Waals surface area contributed by atoms with E-state index < -0.39 is 14.0 Å². The van der Waals surface area contributed by atoms with Gasteiger partial charge in [-0.1, -0.05) is 31.2 Å². The molecule has 0 aliphatic carbocycles. The zero-order valence-electron chi connectivity index (χ0n) is 14.2. The normalized spacial score (nSPS) is 11.9. The van der Waals surface area contributed by atoms with Crippen LogP contribution in [-0.4, -0.2) is 42.0 Å². The number of ether oxygens (including phenoxy) is 2. The summed E-state index contributed by atoms with van der Waals surface area (Å²) in [6, 6.07) is 2.59. The van der Waals surface area contributed by atoms with Crippen LogP contribution in [0.2, 0.25) is 30.8 Å². The fourth-order valence-corrected chi connectivity index (χ4v) is 3.82. The van der Waals surface area contributed by atoms with Crippen LogP contribution in [0.1, 0.15) is 17.3 Å². The second-order valence-corrected chi connectivity index (χ2v) is 13.6. The molecule has 0 saturated heterocycles. The van der Waals surface area contributed by atoms with Crippen LogP contribution < -0.4 is 0 Å². The van der Waals surface area contributed by atoms with Crippen molar-refractivity contribution >= 4 is 59.3 Å². The molecule has 0 bridgehead atoms. The van der Waals surface area contributed by atoms with E-state index >= 15 is 0 Å². The Morgan fingerprint density at radius 1 is 1.42 bits per heavy atom. The highest BCUT2D eigenvalue weighted by atomic mass is 127. The van der Waals surface area contributed by atoms with Crippen molar-refractivity contribution in [3.8, 4) is 0 Å². The number of fused-ring (bicyclic) bond motifs is 1. The number of nitrogens with zero attached hydrogens (tertiary/aromatic N) is 3. The van der Waals surface area contributed by atoms with Crippen LogP contribution >= 0.6 is 34.2 Å². The fraction of sp³-hybridized carbons (Fsp3) is 0.533. The van der Waals surface area contributed by atoms with Crippen molar-refractivity contribution in [1.82, 2.24) is 14.8 Å². The first kappa shape index (κ1) is 19.6. The molecule has 6 nitrogen and oxygen atoms in total. The topological polar surface area (TPSA) is 66.2 Å². The summed E-state index contributed by atoms with van der Waals surface area (Å²) in [4.78, 5) is 16.5. The van der Waals surface area contributed by atoms with Gasteiger partial charge in [0.1, 0.15) is 15.6 Å². The molecule has 0 N–H and O–H groups in total. The standard InChI is InChI=1S/C15H21ClIN3O3Si/c1-5-23-15(21)10-8-11(16)18-14-12(10)13(17)19-20(14)9-22-6-7-24(2,3)4/h8H,5-7,9H2,1-4H3. The maximum atomic E-state index is 12.2. The van der Waals surface area contributed by atoms with Crippen LogP contribution in [0.4, 0.5) is 0 Å². The number of hydrogen-bond donors (Lipinski definition) is 0. The third-order valence-corrected chi connectivity index (χ3v) is 5.99. The van der Waals surface area contributed by atoms with Gasteiger partial charge in [0, 0.05) is 14.7 Å². The summed E-state index contributed by atoms with van der Waals surface area (Å²) < 4.78 is 13.1. The molecule has 2 aromatic rings. The van der Waals surface area contributed by atoms with E-state index in [1.54, 1.807) is 11.6 Å². The number of carbonyl (C=O) groups excluding carboxylic acids is 1. The van der Waals surface area contributed by atoms with Crippen molar-refractivity contribution in [3.05, 3.63) is 20.5 Å². The SMILES string of the molecule is CCOC(=O)c1cc(Cl)nc2c1c(I)nn2COCC[Si](C)(C)C. The van der Waals surface area contributed by atoms with Gasteiger partial charge in [0.2, 0.25) is 0 Å². The minimum Gasteiger partial charge on any atom is -0.462 e. The number of halogens is 2. The van der Waals surface area contributed by atoms with E-state index in [1.807, 2.05) is 0 Å². The summed E-state index contributed by atoms with van der Waals surface area (Å²) in [5.74, 6) is -0.427. The number of pyridine rings is 1. The molecule has 2 heterocycles. The van der Waals surface area contributed by atoms with Gasteiger partial charge in [0.25, 0.3) is 0 Å². The average molecular weight is 482 g/mol. The van der Waals surface area contributed by atoms with Crippen molar-refractivity contribution in [3.63, 3.8) is 0 Å². The van der Waals surface area contributed by atoms with Gasteiger partial charge in [0.05, 0.1) is 17.6 Å². The van der Waals surface area contributed by atoms with E-state index in [4.69, 9.17) is 21.1 Å². The van der Waals surface area contributed by atoms with Crippen molar-refractivity contribution in [1.29, 1.82) is 0 Å². The first-order chi connectivity index (χ1) is 11.2. The minimum absolute atomic E-state index is 0.227. The summed E-state index contributed by atoms with van der Waals surface area (Å²) >= 11 is 8.15. The molecule has 0 spiro atoms. The minimum atomic E-state index is -1.14. The number of rotatable bonds is 7. The predicted molar refractivity (Wildman–Crippen MR) is 105 cm³/mol. The monoisotopic (exact) mass is 481 g/mol. The van der Waals surface area contributed by atoms with Gasteiger partial charge in [-0.15, -0.1) is 0 Å². The Morgan fingerprint density at radius 3 is 2.75 bits per heavy atom. The molecule has 9 heteroatoms. The molecule has 132 valence electrons. The molecule has 0 unspecified atom stereocenters. The summed E-state index contributed by atoms with van der Waals surface area (Å²) in [6.45, 7) is 9.92. The molecule has 0 aliphatic heterocycles. The van der Waals surface area contributed by atoms with Gasteiger partial charge in [-0.2, -0.15) is 5.10 Å². The van der Waals surface area contributed by atoms with E-state index in [0.29, 0.717) is 33.5 Å². The third kappa shape index (κ3) is 4.90. The largest absolute Gasteiger partial charge is 0.462 e. The molecule has 0 saturated carbocycles. The van der Waals surface area contributed by atoms with Gasteiger partial charge < -0.3 is 9.47 Å². The van der Waals surface area contributed by atoms with Gasteiger partial charge >= 0.3 is 5.97 Å². The molecular formula is C15H21ClIN3O3Si. The molecule has 0 atom stereocenters. The highest BCUT2D eigenvalue weighted by Crippen LogP contribution is 2.26. The van der Waals surface area contributed by atoms with Gasteiger partial charge in [-0.3, -0.25) is 0 Å². The molecule has 2 aromatic heterocycles. The Balaban J connectivity index is 2.28. The van der Waals surface area contributed by atoms with Crippen LogP contribution in [-0.2, 0) is 16.2 Å². The summed E-state index contributed by atoms with van der Waals surface area (Å²) in [5, 5.41) is 5.30. The molecule has 2 rings (SSSR count). The van der Waals surface area contributed by atoms with Crippen LogP contribution in [0, 0.1) is 3.70 Å². The maximum Gasteiger partial charge on any atom is 0.339 e. The van der Waals surface area contributed by atoms with E-state index in [9.17, 15) is 4.79 Å². The Labute approximate surface area is 161 Å². The quantitative estimate of drug-likeness (QED) is 0.195. The number of aromatic nitrogens is 3. The van der Waals surface area contributed by atoms with E-state index in [1.165, 1.54) is 6.07 Å². The fourth-order valence-electron chi connectivity index (χ4n) is 2.08. The van der Waals surface area contributed by atoms with Crippen LogP contribution in [0.3, 0.4) is 0 Å². The molecule has 0 aromatic carbocycles. The Bertz CT molecular complexity index is 746. The third-order valence-electron chi connectivity index (χ3n) is 3.33. The highest BCUT2D eigenvalue weighted by molar-refractivity contribution is 14.1. The van der Waals surface area contributed by atoms with Gasteiger partial charge in [-0.05, 0) is 41.6 Å². The van der Waals surface area contributed by atoms with Crippen molar-refractivity contribution in [2.24, 2.45) is 0 Å². The second-order valence-electron chi connectivity index (χ2n) is 6.55. The molecule has 0 fully saturated rings. The molecule has 0 amide bonds. The lowest BCUT2D eigenvalue weighted by Crippen LogP contribution is -2.22. The molecule has 0 radical (unpaired) electrons. The highest BCUT2D eigenvalue weighted by Gasteiger charge is 2.21. The lowest BCUT2D eigenvalue weighted by Gasteiger charge is -2.15. The first-order valence-corrected chi connectivity index (χ1v) is 12.9. The van der Waals surface area contributed by atoms with Gasteiger partial charge in [-0.25, -0.2) is 14.5 Å².